The molecule has 0 aromatic heterocycles. The minimum Gasteiger partial charge on any atom is -0.453 e. The average molecular weight is 379 g/mol. The summed E-state index contributed by atoms with van der Waals surface area (Å²) in [4.78, 5) is 36.5. The van der Waals surface area contributed by atoms with Crippen molar-refractivity contribution in [2.45, 2.75) is 32.3 Å². The van der Waals surface area contributed by atoms with Crippen molar-refractivity contribution in [1.82, 2.24) is 4.90 Å². The van der Waals surface area contributed by atoms with Gasteiger partial charge in [-0.3, -0.25) is 24.6 Å². The number of unbranched alkanes of at least 4 members (excludes halogenated alkanes) is 1. The first-order valence-electron chi connectivity index (χ1n) is 9.00. The van der Waals surface area contributed by atoms with Gasteiger partial charge in [-0.05, 0) is 32.4 Å². The maximum atomic E-state index is 12.1. The third-order valence-electron chi connectivity index (χ3n) is 4.21. The molecule has 1 aromatic carbocycles. The molecular weight excluding hydrogens is 354 g/mol. The summed E-state index contributed by atoms with van der Waals surface area (Å²) >= 11 is 0. The zero-order valence-corrected chi connectivity index (χ0v) is 15.4. The van der Waals surface area contributed by atoms with Crippen LogP contribution in [0.2, 0.25) is 0 Å². The van der Waals surface area contributed by atoms with Crippen molar-refractivity contribution in [2.75, 3.05) is 38.2 Å². The second-order valence-electron chi connectivity index (χ2n) is 6.34. The van der Waals surface area contributed by atoms with E-state index in [0.717, 1.165) is 39.3 Å². The van der Waals surface area contributed by atoms with E-state index in [1.165, 1.54) is 31.2 Å². The topological polar surface area (TPSA) is 111 Å². The molecule has 0 aliphatic carbocycles. The summed E-state index contributed by atoms with van der Waals surface area (Å²) in [6.45, 7) is 5.72. The van der Waals surface area contributed by atoms with Crippen molar-refractivity contribution in [3.63, 3.8) is 0 Å². The molecule has 1 aromatic rings. The van der Waals surface area contributed by atoms with E-state index in [4.69, 9.17) is 9.47 Å². The number of rotatable bonds is 9. The van der Waals surface area contributed by atoms with Gasteiger partial charge in [0, 0.05) is 37.3 Å². The van der Waals surface area contributed by atoms with Gasteiger partial charge >= 0.3 is 5.97 Å². The van der Waals surface area contributed by atoms with Gasteiger partial charge in [0.15, 0.2) is 6.10 Å². The summed E-state index contributed by atoms with van der Waals surface area (Å²) < 4.78 is 10.4. The molecule has 1 N–H and O–H groups in total. The van der Waals surface area contributed by atoms with Crippen LogP contribution in [0.5, 0.6) is 0 Å². The minimum absolute atomic E-state index is 0.127. The summed E-state index contributed by atoms with van der Waals surface area (Å²) in [7, 11) is 0. The Labute approximate surface area is 157 Å². The summed E-state index contributed by atoms with van der Waals surface area (Å²) in [5.41, 5.74) is 0.153. The van der Waals surface area contributed by atoms with E-state index >= 15 is 0 Å². The monoisotopic (exact) mass is 379 g/mol. The summed E-state index contributed by atoms with van der Waals surface area (Å²) in [5, 5.41) is 13.3. The predicted molar refractivity (Wildman–Crippen MR) is 98.4 cm³/mol. The van der Waals surface area contributed by atoms with Crippen LogP contribution in [-0.2, 0) is 19.1 Å². The van der Waals surface area contributed by atoms with Crippen LogP contribution in [0.3, 0.4) is 0 Å². The van der Waals surface area contributed by atoms with Crippen molar-refractivity contribution in [3.8, 4) is 0 Å². The highest BCUT2D eigenvalue weighted by Crippen LogP contribution is 2.17. The minimum atomic E-state index is -0.976. The average Bonchev–Trinajstić information content (AvgIpc) is 2.66. The lowest BCUT2D eigenvalue weighted by atomic mass is 10.2. The summed E-state index contributed by atoms with van der Waals surface area (Å²) in [5.74, 6) is -0.962. The Kier molecular flexibility index (Phi) is 8.15. The molecule has 1 aliphatic heterocycles. The largest absolute Gasteiger partial charge is 0.453 e. The number of nitro groups is 1. The fourth-order valence-corrected chi connectivity index (χ4v) is 2.68. The van der Waals surface area contributed by atoms with Gasteiger partial charge in [0.05, 0.1) is 18.1 Å². The normalized spacial score (nSPS) is 15.7. The third kappa shape index (κ3) is 7.32. The van der Waals surface area contributed by atoms with E-state index in [1.54, 1.807) is 0 Å². The Morgan fingerprint density at radius 1 is 1.33 bits per heavy atom. The number of non-ortho nitro benzene ring substituents is 1. The first-order chi connectivity index (χ1) is 13.0. The zero-order chi connectivity index (χ0) is 19.6. The second kappa shape index (κ2) is 10.6. The van der Waals surface area contributed by atoms with Crippen LogP contribution < -0.4 is 5.32 Å². The molecule has 1 fully saturated rings. The number of nitro benzene ring substituents is 1. The fourth-order valence-electron chi connectivity index (χ4n) is 2.68. The first-order valence-corrected chi connectivity index (χ1v) is 9.00. The van der Waals surface area contributed by atoms with Crippen molar-refractivity contribution >= 4 is 23.3 Å². The molecule has 0 radical (unpaired) electrons. The number of nitrogens with zero attached hydrogens (tertiary/aromatic N) is 2. The highest BCUT2D eigenvalue weighted by Gasteiger charge is 2.19. The Bertz CT molecular complexity index is 660. The molecule has 1 aliphatic rings. The van der Waals surface area contributed by atoms with Gasteiger partial charge in [-0.2, -0.15) is 0 Å². The molecule has 1 amide bonds. The van der Waals surface area contributed by atoms with Crippen LogP contribution in [0, 0.1) is 10.1 Å². The molecule has 1 heterocycles. The molecule has 0 bridgehead atoms. The fraction of sp³-hybridized carbons (Fsp3) is 0.556. The Hall–Kier alpha value is -2.52. The summed E-state index contributed by atoms with van der Waals surface area (Å²) in [6, 6.07) is 5.58. The van der Waals surface area contributed by atoms with Crippen molar-refractivity contribution in [3.05, 3.63) is 34.4 Å². The molecular formula is C18H25N3O6. The lowest BCUT2D eigenvalue weighted by Crippen LogP contribution is -2.36. The number of amides is 1. The van der Waals surface area contributed by atoms with Gasteiger partial charge in [-0.25, -0.2) is 0 Å². The maximum absolute atomic E-state index is 12.1. The highest BCUT2D eigenvalue weighted by molar-refractivity contribution is 5.95. The van der Waals surface area contributed by atoms with Gasteiger partial charge in [0.2, 0.25) is 0 Å². The Balaban J connectivity index is 1.67. The number of nitrogens with one attached hydrogen (secondary N) is 1. The van der Waals surface area contributed by atoms with E-state index in [1.807, 2.05) is 0 Å². The standard InChI is InChI=1S/C18H25N3O6/c1-14(18(23)19-15-5-4-6-16(13-15)21(24)25)27-17(22)7-2-3-8-20-9-11-26-12-10-20/h4-6,13-14H,2-3,7-12H2,1H3,(H,19,23)/t14-/m0/s1. The number of hydrogen-bond donors (Lipinski definition) is 1. The van der Waals surface area contributed by atoms with E-state index in [0.29, 0.717) is 6.42 Å². The quantitative estimate of drug-likeness (QED) is 0.302. The van der Waals surface area contributed by atoms with Gasteiger partial charge in [0.25, 0.3) is 11.6 Å². The number of benzene rings is 1. The zero-order valence-electron chi connectivity index (χ0n) is 15.4. The number of anilines is 1. The molecule has 9 heteroatoms. The number of carbonyl (C=O) groups is 2. The smallest absolute Gasteiger partial charge is 0.306 e. The predicted octanol–water partition coefficient (Wildman–Crippen LogP) is 1.97. The van der Waals surface area contributed by atoms with Crippen molar-refractivity contribution in [2.24, 2.45) is 0 Å². The number of morpholine rings is 1. The van der Waals surface area contributed by atoms with Crippen LogP contribution >= 0.6 is 0 Å². The van der Waals surface area contributed by atoms with E-state index in [-0.39, 0.29) is 17.8 Å². The highest BCUT2D eigenvalue weighted by atomic mass is 16.6. The molecule has 0 spiro atoms. The first kappa shape index (κ1) is 20.8. The Morgan fingerprint density at radius 2 is 2.07 bits per heavy atom. The summed E-state index contributed by atoms with van der Waals surface area (Å²) in [6.07, 6.45) is 0.841. The van der Waals surface area contributed by atoms with Gasteiger partial charge < -0.3 is 14.8 Å². The van der Waals surface area contributed by atoms with Crippen LogP contribution in [0.1, 0.15) is 26.2 Å². The lowest BCUT2D eigenvalue weighted by Gasteiger charge is -2.26. The molecule has 1 saturated heterocycles. The van der Waals surface area contributed by atoms with E-state index in [2.05, 4.69) is 10.2 Å². The Morgan fingerprint density at radius 3 is 2.78 bits per heavy atom. The van der Waals surface area contributed by atoms with Crippen LogP contribution in [0.15, 0.2) is 24.3 Å². The van der Waals surface area contributed by atoms with Crippen LogP contribution in [0.25, 0.3) is 0 Å². The van der Waals surface area contributed by atoms with Gasteiger partial charge in [-0.15, -0.1) is 0 Å². The SMILES string of the molecule is C[C@H](OC(=O)CCCCN1CCOCC1)C(=O)Nc1cccc([N+](=O)[O-])c1. The number of esters is 1. The van der Waals surface area contributed by atoms with Crippen molar-refractivity contribution < 1.29 is 24.0 Å². The number of carbonyl (C=O) groups excluding carboxylic acids is 2. The molecule has 9 nitrogen and oxygen atoms in total. The number of ether oxygens (including phenoxy) is 2. The van der Waals surface area contributed by atoms with Crippen molar-refractivity contribution in [1.29, 1.82) is 0 Å². The lowest BCUT2D eigenvalue weighted by molar-refractivity contribution is -0.384. The molecule has 0 unspecified atom stereocenters. The second-order valence-corrected chi connectivity index (χ2v) is 6.34. The molecule has 148 valence electrons. The van der Waals surface area contributed by atoms with Crippen LogP contribution in [-0.4, -0.2) is 60.7 Å². The molecule has 2 rings (SSSR count). The maximum Gasteiger partial charge on any atom is 0.306 e. The number of hydrogen-bond acceptors (Lipinski definition) is 7. The molecule has 1 atom stereocenters. The molecule has 27 heavy (non-hydrogen) atoms. The van der Waals surface area contributed by atoms with Gasteiger partial charge in [0.1, 0.15) is 0 Å². The van der Waals surface area contributed by atoms with Gasteiger partial charge in [-0.1, -0.05) is 6.07 Å². The van der Waals surface area contributed by atoms with Crippen LogP contribution in [0.4, 0.5) is 11.4 Å². The van der Waals surface area contributed by atoms with E-state index < -0.39 is 22.9 Å². The molecule has 0 saturated carbocycles. The van der Waals surface area contributed by atoms with E-state index in [9.17, 15) is 19.7 Å². The third-order valence-corrected chi connectivity index (χ3v) is 4.21.